The molecule has 2 aromatic rings. The molecule has 1 saturated heterocycles. The summed E-state index contributed by atoms with van der Waals surface area (Å²) in [4.78, 5) is 27.5. The number of carbonyl (C=O) groups is 2. The number of hydrogen-bond donors (Lipinski definition) is 2. The van der Waals surface area contributed by atoms with Crippen LogP contribution in [-0.4, -0.2) is 31.4 Å². The van der Waals surface area contributed by atoms with Gasteiger partial charge in [0, 0.05) is 37.4 Å². The molecular weight excluding hydrogens is 374 g/mol. The largest absolute Gasteiger partial charge is 0.371 e. The molecule has 2 amide bonds. The molecule has 5 heteroatoms. The first kappa shape index (κ1) is 21.9. The summed E-state index contributed by atoms with van der Waals surface area (Å²) in [5.41, 5.74) is 3.48. The van der Waals surface area contributed by atoms with Gasteiger partial charge in [0.05, 0.1) is 5.56 Å². The van der Waals surface area contributed by atoms with Crippen LogP contribution in [0.3, 0.4) is 0 Å². The number of benzene rings is 2. The number of anilines is 2. The minimum Gasteiger partial charge on any atom is -0.371 e. The SMILES string of the molecule is CCCCC(=O)Nc1ccc(N2CCCCC2)c(C(=O)NCCc2ccccc2)c1. The fourth-order valence-electron chi connectivity index (χ4n) is 3.83. The van der Waals surface area contributed by atoms with Crippen molar-refractivity contribution < 1.29 is 9.59 Å². The van der Waals surface area contributed by atoms with Crippen LogP contribution in [0.5, 0.6) is 0 Å². The molecule has 0 radical (unpaired) electrons. The highest BCUT2D eigenvalue weighted by molar-refractivity contribution is 6.02. The fourth-order valence-corrected chi connectivity index (χ4v) is 3.83. The Morgan fingerprint density at radius 1 is 1.00 bits per heavy atom. The van der Waals surface area contributed by atoms with Gasteiger partial charge >= 0.3 is 0 Å². The Morgan fingerprint density at radius 3 is 2.50 bits per heavy atom. The van der Waals surface area contributed by atoms with Gasteiger partial charge < -0.3 is 15.5 Å². The lowest BCUT2D eigenvalue weighted by Crippen LogP contribution is -2.33. The molecule has 0 aliphatic carbocycles. The molecule has 0 aromatic heterocycles. The molecule has 30 heavy (non-hydrogen) atoms. The molecule has 1 aliphatic heterocycles. The maximum atomic E-state index is 13.1. The molecule has 0 bridgehead atoms. The summed E-state index contributed by atoms with van der Waals surface area (Å²) in [6, 6.07) is 15.9. The second-order valence-corrected chi connectivity index (χ2v) is 7.92. The highest BCUT2D eigenvalue weighted by Crippen LogP contribution is 2.27. The van der Waals surface area contributed by atoms with Gasteiger partial charge in [-0.25, -0.2) is 0 Å². The summed E-state index contributed by atoms with van der Waals surface area (Å²) < 4.78 is 0. The lowest BCUT2D eigenvalue weighted by atomic mass is 10.1. The van der Waals surface area contributed by atoms with E-state index in [1.165, 1.54) is 12.0 Å². The Hall–Kier alpha value is -2.82. The molecule has 0 saturated carbocycles. The van der Waals surface area contributed by atoms with E-state index in [0.717, 1.165) is 50.9 Å². The first-order valence-corrected chi connectivity index (χ1v) is 11.2. The third kappa shape index (κ3) is 6.34. The van der Waals surface area contributed by atoms with Crippen LogP contribution >= 0.6 is 0 Å². The van der Waals surface area contributed by atoms with E-state index in [4.69, 9.17) is 0 Å². The molecule has 5 nitrogen and oxygen atoms in total. The molecule has 0 atom stereocenters. The van der Waals surface area contributed by atoms with Gasteiger partial charge in [-0.2, -0.15) is 0 Å². The highest BCUT2D eigenvalue weighted by atomic mass is 16.2. The minimum absolute atomic E-state index is 0.00184. The van der Waals surface area contributed by atoms with Crippen molar-refractivity contribution >= 4 is 23.2 Å². The number of hydrogen-bond acceptors (Lipinski definition) is 3. The Kier molecular flexibility index (Phi) is 8.30. The van der Waals surface area contributed by atoms with E-state index in [-0.39, 0.29) is 11.8 Å². The molecule has 2 N–H and O–H groups in total. The molecule has 1 fully saturated rings. The van der Waals surface area contributed by atoms with Crippen molar-refractivity contribution in [2.24, 2.45) is 0 Å². The van der Waals surface area contributed by atoms with Gasteiger partial charge in [0.25, 0.3) is 5.91 Å². The van der Waals surface area contributed by atoms with Gasteiger partial charge in [0.2, 0.25) is 5.91 Å². The molecule has 1 aliphatic rings. The summed E-state index contributed by atoms with van der Waals surface area (Å²) in [5.74, 6) is -0.0887. The zero-order chi connectivity index (χ0) is 21.2. The third-order valence-electron chi connectivity index (χ3n) is 5.52. The number of piperidine rings is 1. The van der Waals surface area contributed by atoms with Crippen LogP contribution in [0.2, 0.25) is 0 Å². The lowest BCUT2D eigenvalue weighted by molar-refractivity contribution is -0.116. The number of amides is 2. The van der Waals surface area contributed by atoms with Crippen LogP contribution in [0, 0.1) is 0 Å². The zero-order valence-electron chi connectivity index (χ0n) is 18.0. The van der Waals surface area contributed by atoms with E-state index < -0.39 is 0 Å². The van der Waals surface area contributed by atoms with E-state index in [2.05, 4.69) is 34.6 Å². The number of nitrogens with zero attached hydrogens (tertiary/aromatic N) is 1. The van der Waals surface area contributed by atoms with Crippen molar-refractivity contribution in [2.75, 3.05) is 29.9 Å². The van der Waals surface area contributed by atoms with Gasteiger partial charge in [-0.15, -0.1) is 0 Å². The maximum absolute atomic E-state index is 13.1. The summed E-state index contributed by atoms with van der Waals surface area (Å²) >= 11 is 0. The van der Waals surface area contributed by atoms with Gasteiger partial charge in [0.15, 0.2) is 0 Å². The Balaban J connectivity index is 1.72. The summed E-state index contributed by atoms with van der Waals surface area (Å²) in [6.07, 6.45) is 6.67. The van der Waals surface area contributed by atoms with Crippen LogP contribution in [-0.2, 0) is 11.2 Å². The van der Waals surface area contributed by atoms with Crippen molar-refractivity contribution in [1.29, 1.82) is 0 Å². The topological polar surface area (TPSA) is 61.4 Å². The van der Waals surface area contributed by atoms with Gasteiger partial charge in [-0.3, -0.25) is 9.59 Å². The highest BCUT2D eigenvalue weighted by Gasteiger charge is 2.19. The molecule has 0 spiro atoms. The minimum atomic E-state index is -0.0869. The average Bonchev–Trinajstić information content (AvgIpc) is 2.79. The number of unbranched alkanes of at least 4 members (excludes halogenated alkanes) is 1. The fraction of sp³-hybridized carbons (Fsp3) is 0.440. The average molecular weight is 408 g/mol. The van der Waals surface area contributed by atoms with Crippen LogP contribution in [0.25, 0.3) is 0 Å². The summed E-state index contributed by atoms with van der Waals surface area (Å²) in [5, 5.41) is 6.01. The maximum Gasteiger partial charge on any atom is 0.253 e. The lowest BCUT2D eigenvalue weighted by Gasteiger charge is -2.30. The zero-order valence-corrected chi connectivity index (χ0v) is 18.0. The quantitative estimate of drug-likeness (QED) is 0.629. The molecule has 160 valence electrons. The van der Waals surface area contributed by atoms with E-state index in [1.807, 2.05) is 36.4 Å². The second kappa shape index (κ2) is 11.4. The standard InChI is InChI=1S/C25H33N3O2/c1-2-3-12-24(29)27-21-13-14-23(28-17-8-5-9-18-28)22(19-21)25(30)26-16-15-20-10-6-4-7-11-20/h4,6-7,10-11,13-14,19H,2-3,5,8-9,12,15-18H2,1H3,(H,26,30)(H,27,29). The van der Waals surface area contributed by atoms with Gasteiger partial charge in [-0.05, 0) is 55.9 Å². The number of rotatable bonds is 9. The monoisotopic (exact) mass is 407 g/mol. The smallest absolute Gasteiger partial charge is 0.253 e. The molecule has 0 unspecified atom stereocenters. The van der Waals surface area contributed by atoms with Crippen molar-refractivity contribution in [1.82, 2.24) is 5.32 Å². The summed E-state index contributed by atoms with van der Waals surface area (Å²) in [7, 11) is 0. The predicted molar refractivity (Wildman–Crippen MR) is 123 cm³/mol. The van der Waals surface area contributed by atoms with E-state index in [0.29, 0.717) is 24.2 Å². The van der Waals surface area contributed by atoms with E-state index in [1.54, 1.807) is 0 Å². The molecular formula is C25H33N3O2. The van der Waals surface area contributed by atoms with Crippen LogP contribution in [0.4, 0.5) is 11.4 Å². The normalized spacial score (nSPS) is 13.7. The number of carbonyl (C=O) groups excluding carboxylic acids is 2. The Labute approximate surface area is 179 Å². The van der Waals surface area contributed by atoms with Crippen molar-refractivity contribution in [3.05, 3.63) is 59.7 Å². The van der Waals surface area contributed by atoms with Crippen LogP contribution in [0.15, 0.2) is 48.5 Å². The van der Waals surface area contributed by atoms with Crippen LogP contribution in [0.1, 0.15) is 61.4 Å². The van der Waals surface area contributed by atoms with Gasteiger partial charge in [0.1, 0.15) is 0 Å². The van der Waals surface area contributed by atoms with Crippen molar-refractivity contribution in [3.63, 3.8) is 0 Å². The first-order chi connectivity index (χ1) is 14.7. The van der Waals surface area contributed by atoms with E-state index in [9.17, 15) is 9.59 Å². The Bertz CT molecular complexity index is 830. The van der Waals surface area contributed by atoms with Crippen LogP contribution < -0.4 is 15.5 Å². The Morgan fingerprint density at radius 2 is 1.77 bits per heavy atom. The predicted octanol–water partition coefficient (Wildman–Crippen LogP) is 4.78. The number of nitrogens with one attached hydrogen (secondary N) is 2. The second-order valence-electron chi connectivity index (χ2n) is 7.92. The van der Waals surface area contributed by atoms with E-state index >= 15 is 0 Å². The van der Waals surface area contributed by atoms with Crippen molar-refractivity contribution in [2.45, 2.75) is 51.9 Å². The molecule has 3 rings (SSSR count). The first-order valence-electron chi connectivity index (χ1n) is 11.2. The third-order valence-corrected chi connectivity index (χ3v) is 5.52. The summed E-state index contributed by atoms with van der Waals surface area (Å²) in [6.45, 7) is 4.58. The van der Waals surface area contributed by atoms with Crippen molar-refractivity contribution in [3.8, 4) is 0 Å². The molecule has 2 aromatic carbocycles. The molecule has 1 heterocycles. The van der Waals surface area contributed by atoms with Gasteiger partial charge in [-0.1, -0.05) is 43.7 Å².